The van der Waals surface area contributed by atoms with E-state index in [1.54, 1.807) is 12.1 Å². The van der Waals surface area contributed by atoms with Gasteiger partial charge in [0.1, 0.15) is 17.2 Å². The van der Waals surface area contributed by atoms with Crippen molar-refractivity contribution in [3.05, 3.63) is 41.7 Å². The van der Waals surface area contributed by atoms with E-state index in [1.165, 1.54) is 19.5 Å². The lowest BCUT2D eigenvalue weighted by atomic mass is 10.2. The molecule has 16 heavy (non-hydrogen) atoms. The standard InChI is InChI=1S/C11H12N2O3/c1-7-3-4-8(16-7)10(14)9-11(15-2)13-6-5-12-9/h3-6,10,14H,1-2H3. The third kappa shape index (κ3) is 1.90. The van der Waals surface area contributed by atoms with Crippen LogP contribution in [0.3, 0.4) is 0 Å². The van der Waals surface area contributed by atoms with Crippen LogP contribution < -0.4 is 4.74 Å². The van der Waals surface area contributed by atoms with Crippen LogP contribution in [0.2, 0.25) is 0 Å². The summed E-state index contributed by atoms with van der Waals surface area (Å²) in [7, 11) is 1.48. The van der Waals surface area contributed by atoms with Gasteiger partial charge in [0.05, 0.1) is 7.11 Å². The number of ether oxygens (including phenoxy) is 1. The van der Waals surface area contributed by atoms with Crippen molar-refractivity contribution in [3.8, 4) is 5.88 Å². The van der Waals surface area contributed by atoms with Crippen LogP contribution in [0.4, 0.5) is 0 Å². The molecule has 0 aliphatic rings. The molecule has 0 aliphatic carbocycles. The first-order chi connectivity index (χ1) is 7.72. The molecule has 1 N–H and O–H groups in total. The molecule has 0 saturated carbocycles. The second-order valence-corrected chi connectivity index (χ2v) is 3.30. The van der Waals surface area contributed by atoms with Crippen molar-refractivity contribution in [1.82, 2.24) is 9.97 Å². The molecule has 0 saturated heterocycles. The zero-order valence-corrected chi connectivity index (χ0v) is 9.04. The highest BCUT2D eigenvalue weighted by Gasteiger charge is 2.20. The summed E-state index contributed by atoms with van der Waals surface area (Å²) in [5.74, 6) is 1.46. The van der Waals surface area contributed by atoms with Gasteiger partial charge in [-0.05, 0) is 19.1 Å². The molecule has 2 rings (SSSR count). The Balaban J connectivity index is 2.36. The molecular weight excluding hydrogens is 208 g/mol. The summed E-state index contributed by atoms with van der Waals surface area (Å²) in [5, 5.41) is 10.0. The van der Waals surface area contributed by atoms with Gasteiger partial charge in [0.25, 0.3) is 0 Å². The summed E-state index contributed by atoms with van der Waals surface area (Å²) in [6, 6.07) is 3.48. The van der Waals surface area contributed by atoms with Crippen molar-refractivity contribution in [1.29, 1.82) is 0 Å². The maximum absolute atomic E-state index is 10.0. The van der Waals surface area contributed by atoms with Crippen LogP contribution in [0.1, 0.15) is 23.3 Å². The van der Waals surface area contributed by atoms with Gasteiger partial charge in [-0.1, -0.05) is 0 Å². The number of aryl methyl sites for hydroxylation is 1. The summed E-state index contributed by atoms with van der Waals surface area (Å²) in [4.78, 5) is 8.00. The molecule has 1 atom stereocenters. The molecule has 84 valence electrons. The molecule has 2 aromatic rings. The Labute approximate surface area is 92.7 Å². The Morgan fingerprint density at radius 3 is 2.69 bits per heavy atom. The first-order valence-electron chi connectivity index (χ1n) is 4.81. The highest BCUT2D eigenvalue weighted by atomic mass is 16.5. The van der Waals surface area contributed by atoms with E-state index in [1.807, 2.05) is 6.92 Å². The minimum Gasteiger partial charge on any atom is -0.480 e. The first kappa shape index (κ1) is 10.6. The van der Waals surface area contributed by atoms with Crippen LogP contribution in [0, 0.1) is 6.92 Å². The summed E-state index contributed by atoms with van der Waals surface area (Å²) < 4.78 is 10.3. The Morgan fingerprint density at radius 2 is 2.06 bits per heavy atom. The largest absolute Gasteiger partial charge is 0.480 e. The van der Waals surface area contributed by atoms with E-state index in [-0.39, 0.29) is 0 Å². The van der Waals surface area contributed by atoms with Crippen molar-refractivity contribution in [2.45, 2.75) is 13.0 Å². The van der Waals surface area contributed by atoms with Gasteiger partial charge in [-0.15, -0.1) is 0 Å². The third-order valence-corrected chi connectivity index (χ3v) is 2.17. The van der Waals surface area contributed by atoms with Gasteiger partial charge in [-0.3, -0.25) is 4.98 Å². The van der Waals surface area contributed by atoms with Gasteiger partial charge >= 0.3 is 0 Å². The average Bonchev–Trinajstić information content (AvgIpc) is 2.75. The van der Waals surface area contributed by atoms with Gasteiger partial charge in [-0.2, -0.15) is 0 Å². The molecule has 5 nitrogen and oxygen atoms in total. The fourth-order valence-corrected chi connectivity index (χ4v) is 1.42. The van der Waals surface area contributed by atoms with Gasteiger partial charge in [-0.25, -0.2) is 4.98 Å². The van der Waals surface area contributed by atoms with Gasteiger partial charge < -0.3 is 14.3 Å². The minimum atomic E-state index is -0.961. The van der Waals surface area contributed by atoms with Crippen LogP contribution in [0.15, 0.2) is 28.9 Å². The van der Waals surface area contributed by atoms with Crippen LogP contribution in [-0.4, -0.2) is 22.2 Å². The quantitative estimate of drug-likeness (QED) is 0.848. The number of furan rings is 1. The molecule has 2 heterocycles. The van der Waals surface area contributed by atoms with E-state index in [0.29, 0.717) is 17.3 Å². The Kier molecular flexibility index (Phi) is 2.87. The number of hydrogen-bond acceptors (Lipinski definition) is 5. The molecule has 0 amide bonds. The lowest BCUT2D eigenvalue weighted by Gasteiger charge is -2.09. The normalized spacial score (nSPS) is 12.4. The molecule has 0 fully saturated rings. The molecule has 0 spiro atoms. The fourth-order valence-electron chi connectivity index (χ4n) is 1.42. The molecule has 0 bridgehead atoms. The predicted octanol–water partition coefficient (Wildman–Crippen LogP) is 1.47. The van der Waals surface area contributed by atoms with Crippen LogP contribution in [0.25, 0.3) is 0 Å². The second kappa shape index (κ2) is 4.32. The third-order valence-electron chi connectivity index (χ3n) is 2.17. The molecular formula is C11H12N2O3. The molecule has 2 aromatic heterocycles. The lowest BCUT2D eigenvalue weighted by Crippen LogP contribution is -2.05. The molecule has 0 aromatic carbocycles. The van der Waals surface area contributed by atoms with E-state index in [2.05, 4.69) is 9.97 Å². The maximum atomic E-state index is 10.0. The number of hydrogen-bond donors (Lipinski definition) is 1. The lowest BCUT2D eigenvalue weighted by molar-refractivity contribution is 0.177. The van der Waals surface area contributed by atoms with Crippen molar-refractivity contribution in [3.63, 3.8) is 0 Å². The number of nitrogens with zero attached hydrogens (tertiary/aromatic N) is 2. The van der Waals surface area contributed by atoms with Crippen molar-refractivity contribution in [2.24, 2.45) is 0 Å². The number of aliphatic hydroxyl groups excluding tert-OH is 1. The van der Waals surface area contributed by atoms with E-state index in [9.17, 15) is 5.11 Å². The molecule has 0 aliphatic heterocycles. The average molecular weight is 220 g/mol. The van der Waals surface area contributed by atoms with Gasteiger partial charge in [0.15, 0.2) is 6.10 Å². The van der Waals surface area contributed by atoms with Crippen LogP contribution >= 0.6 is 0 Å². The number of aromatic nitrogens is 2. The highest BCUT2D eigenvalue weighted by molar-refractivity contribution is 5.26. The van der Waals surface area contributed by atoms with E-state index < -0.39 is 6.10 Å². The number of aliphatic hydroxyl groups is 1. The van der Waals surface area contributed by atoms with E-state index >= 15 is 0 Å². The topological polar surface area (TPSA) is 68.4 Å². The van der Waals surface area contributed by atoms with Crippen LogP contribution in [-0.2, 0) is 0 Å². The SMILES string of the molecule is COc1nccnc1C(O)c1ccc(C)o1. The number of methoxy groups -OCH3 is 1. The summed E-state index contributed by atoms with van der Waals surface area (Å²) in [6.07, 6.45) is 2.04. The summed E-state index contributed by atoms with van der Waals surface area (Å²) in [5.41, 5.74) is 0.347. The van der Waals surface area contributed by atoms with Crippen LogP contribution in [0.5, 0.6) is 5.88 Å². The molecule has 1 unspecified atom stereocenters. The highest BCUT2D eigenvalue weighted by Crippen LogP contribution is 2.26. The van der Waals surface area contributed by atoms with Gasteiger partial charge in [0.2, 0.25) is 5.88 Å². The second-order valence-electron chi connectivity index (χ2n) is 3.30. The molecule has 5 heteroatoms. The van der Waals surface area contributed by atoms with Gasteiger partial charge in [0, 0.05) is 12.4 Å². The van der Waals surface area contributed by atoms with E-state index in [4.69, 9.17) is 9.15 Å². The zero-order chi connectivity index (χ0) is 11.5. The van der Waals surface area contributed by atoms with Crippen molar-refractivity contribution in [2.75, 3.05) is 7.11 Å². The Morgan fingerprint density at radius 1 is 1.31 bits per heavy atom. The summed E-state index contributed by atoms with van der Waals surface area (Å²) >= 11 is 0. The Hall–Kier alpha value is -1.88. The number of rotatable bonds is 3. The first-order valence-corrected chi connectivity index (χ1v) is 4.81. The van der Waals surface area contributed by atoms with Crippen molar-refractivity contribution < 1.29 is 14.3 Å². The summed E-state index contributed by atoms with van der Waals surface area (Å²) in [6.45, 7) is 1.81. The zero-order valence-electron chi connectivity index (χ0n) is 9.04. The van der Waals surface area contributed by atoms with E-state index in [0.717, 1.165) is 5.76 Å². The Bertz CT molecular complexity index is 482. The van der Waals surface area contributed by atoms with Crippen molar-refractivity contribution >= 4 is 0 Å². The fraction of sp³-hybridized carbons (Fsp3) is 0.273. The minimum absolute atomic E-state index is 0.295. The smallest absolute Gasteiger partial charge is 0.238 e. The monoisotopic (exact) mass is 220 g/mol. The predicted molar refractivity (Wildman–Crippen MR) is 56.1 cm³/mol. The maximum Gasteiger partial charge on any atom is 0.238 e. The molecule has 0 radical (unpaired) electrons.